The number of rotatable bonds is 3. The van der Waals surface area contributed by atoms with E-state index in [1.54, 1.807) is 31.3 Å². The summed E-state index contributed by atoms with van der Waals surface area (Å²) in [5.41, 5.74) is 1.09. The molecule has 1 amide bonds. The summed E-state index contributed by atoms with van der Waals surface area (Å²) in [5.74, 6) is 0.0876. The van der Waals surface area contributed by atoms with Crippen LogP contribution in [-0.2, 0) is 0 Å². The zero-order valence-corrected chi connectivity index (χ0v) is 10.3. The van der Waals surface area contributed by atoms with E-state index in [0.717, 1.165) is 0 Å². The second kappa shape index (κ2) is 5.42. The minimum atomic E-state index is -0.196. The van der Waals surface area contributed by atoms with Crippen molar-refractivity contribution in [2.45, 2.75) is 0 Å². The molecule has 2 rings (SSSR count). The van der Waals surface area contributed by atoms with Crippen molar-refractivity contribution in [3.8, 4) is 0 Å². The van der Waals surface area contributed by atoms with Gasteiger partial charge in [0.25, 0.3) is 5.91 Å². The van der Waals surface area contributed by atoms with Crippen LogP contribution in [0.3, 0.4) is 0 Å². The zero-order chi connectivity index (χ0) is 13.0. The van der Waals surface area contributed by atoms with E-state index in [4.69, 9.17) is 11.6 Å². The lowest BCUT2D eigenvalue weighted by Gasteiger charge is -2.09. The Bertz CT molecular complexity index is 575. The van der Waals surface area contributed by atoms with Crippen molar-refractivity contribution < 1.29 is 4.79 Å². The Balaban J connectivity index is 2.32. The molecule has 7 heteroatoms. The molecule has 1 aromatic heterocycles. The highest BCUT2D eigenvalue weighted by Gasteiger charge is 2.10. The highest BCUT2D eigenvalue weighted by atomic mass is 35.5. The van der Waals surface area contributed by atoms with Crippen molar-refractivity contribution in [1.29, 1.82) is 0 Å². The topological polar surface area (TPSA) is 79.8 Å². The minimum Gasteiger partial charge on any atom is -0.355 e. The number of nitrogens with zero attached hydrogens (tertiary/aromatic N) is 3. The van der Waals surface area contributed by atoms with Crippen LogP contribution in [0.5, 0.6) is 0 Å². The zero-order valence-electron chi connectivity index (χ0n) is 9.51. The Morgan fingerprint density at radius 2 is 2.06 bits per heavy atom. The number of benzene rings is 1. The monoisotopic (exact) mass is 263 g/mol. The van der Waals surface area contributed by atoms with E-state index in [1.165, 1.54) is 6.33 Å². The minimum absolute atomic E-state index is 0.0879. The van der Waals surface area contributed by atoms with Crippen LogP contribution in [-0.4, -0.2) is 27.9 Å². The van der Waals surface area contributed by atoms with Gasteiger partial charge in [-0.2, -0.15) is 4.98 Å². The second-order valence-electron chi connectivity index (χ2n) is 3.33. The quantitative estimate of drug-likeness (QED) is 0.880. The van der Waals surface area contributed by atoms with Gasteiger partial charge in [-0.05, 0) is 23.7 Å². The SMILES string of the molecule is CNC(=O)c1ccccc1Nc1ncnc(Cl)n1. The van der Waals surface area contributed by atoms with Gasteiger partial charge < -0.3 is 10.6 Å². The molecule has 0 aliphatic rings. The van der Waals surface area contributed by atoms with Crippen molar-refractivity contribution in [3.63, 3.8) is 0 Å². The van der Waals surface area contributed by atoms with Crippen molar-refractivity contribution in [2.24, 2.45) is 0 Å². The van der Waals surface area contributed by atoms with Gasteiger partial charge in [-0.15, -0.1) is 0 Å². The van der Waals surface area contributed by atoms with E-state index in [-0.39, 0.29) is 17.1 Å². The first-order chi connectivity index (χ1) is 8.70. The van der Waals surface area contributed by atoms with Crippen LogP contribution in [0.25, 0.3) is 0 Å². The fourth-order valence-electron chi connectivity index (χ4n) is 1.38. The standard InChI is InChI=1S/C11H10ClN5O/c1-13-9(18)7-4-2-3-5-8(7)16-11-15-6-14-10(12)17-11/h2-6H,1H3,(H,13,18)(H,14,15,16,17). The number of halogens is 1. The Morgan fingerprint density at radius 3 is 2.78 bits per heavy atom. The Kier molecular flexibility index (Phi) is 3.69. The maximum atomic E-state index is 11.7. The molecular formula is C11H10ClN5O. The van der Waals surface area contributed by atoms with Gasteiger partial charge in [0.2, 0.25) is 11.2 Å². The van der Waals surface area contributed by atoms with E-state index < -0.39 is 0 Å². The predicted molar refractivity (Wildman–Crippen MR) is 68.0 cm³/mol. The molecular weight excluding hydrogens is 254 g/mol. The van der Waals surface area contributed by atoms with Crippen LogP contribution in [0.2, 0.25) is 5.28 Å². The fraction of sp³-hybridized carbons (Fsp3) is 0.0909. The van der Waals surface area contributed by atoms with Gasteiger partial charge in [0, 0.05) is 7.05 Å². The Hall–Kier alpha value is -2.21. The van der Waals surface area contributed by atoms with Crippen molar-refractivity contribution in [1.82, 2.24) is 20.3 Å². The van der Waals surface area contributed by atoms with Crippen LogP contribution in [0.4, 0.5) is 11.6 Å². The summed E-state index contributed by atoms with van der Waals surface area (Å²) in [6.45, 7) is 0. The number of carbonyl (C=O) groups excluding carboxylic acids is 1. The summed E-state index contributed by atoms with van der Waals surface area (Å²) in [6.07, 6.45) is 1.29. The van der Waals surface area contributed by atoms with Gasteiger partial charge in [-0.25, -0.2) is 9.97 Å². The van der Waals surface area contributed by atoms with E-state index in [1.807, 2.05) is 0 Å². The third-order valence-electron chi connectivity index (χ3n) is 2.19. The molecule has 18 heavy (non-hydrogen) atoms. The largest absolute Gasteiger partial charge is 0.355 e. The number of hydrogen-bond donors (Lipinski definition) is 2. The summed E-state index contributed by atoms with van der Waals surface area (Å²) >= 11 is 5.66. The maximum absolute atomic E-state index is 11.7. The molecule has 6 nitrogen and oxygen atoms in total. The maximum Gasteiger partial charge on any atom is 0.253 e. The second-order valence-corrected chi connectivity index (χ2v) is 3.67. The number of hydrogen-bond acceptors (Lipinski definition) is 5. The highest BCUT2D eigenvalue weighted by molar-refractivity contribution is 6.28. The van der Waals surface area contributed by atoms with Crippen LogP contribution in [0.1, 0.15) is 10.4 Å². The number of aromatic nitrogens is 3. The predicted octanol–water partition coefficient (Wildman–Crippen LogP) is 1.63. The first kappa shape index (κ1) is 12.3. The molecule has 0 saturated carbocycles. The summed E-state index contributed by atoms with van der Waals surface area (Å²) < 4.78 is 0. The van der Waals surface area contributed by atoms with Crippen LogP contribution in [0, 0.1) is 0 Å². The molecule has 0 fully saturated rings. The average Bonchev–Trinajstić information content (AvgIpc) is 2.38. The van der Waals surface area contributed by atoms with Crippen molar-refractivity contribution in [3.05, 3.63) is 41.4 Å². The van der Waals surface area contributed by atoms with E-state index in [2.05, 4.69) is 25.6 Å². The molecule has 0 saturated heterocycles. The van der Waals surface area contributed by atoms with Gasteiger partial charge in [-0.3, -0.25) is 4.79 Å². The van der Waals surface area contributed by atoms with Gasteiger partial charge in [0.15, 0.2) is 0 Å². The molecule has 2 N–H and O–H groups in total. The van der Waals surface area contributed by atoms with E-state index in [9.17, 15) is 4.79 Å². The lowest BCUT2D eigenvalue weighted by atomic mass is 10.1. The molecule has 0 spiro atoms. The molecule has 0 radical (unpaired) electrons. The Morgan fingerprint density at radius 1 is 1.28 bits per heavy atom. The van der Waals surface area contributed by atoms with Gasteiger partial charge in [0.05, 0.1) is 11.3 Å². The Labute approximate surface area is 108 Å². The van der Waals surface area contributed by atoms with E-state index in [0.29, 0.717) is 11.3 Å². The third kappa shape index (κ3) is 2.72. The van der Waals surface area contributed by atoms with Gasteiger partial charge in [-0.1, -0.05) is 12.1 Å². The molecule has 0 bridgehead atoms. The lowest BCUT2D eigenvalue weighted by molar-refractivity contribution is 0.0964. The summed E-state index contributed by atoms with van der Waals surface area (Å²) in [5, 5.41) is 5.57. The number of nitrogens with one attached hydrogen (secondary N) is 2. The van der Waals surface area contributed by atoms with Crippen molar-refractivity contribution >= 4 is 29.1 Å². The summed E-state index contributed by atoms with van der Waals surface area (Å²) in [7, 11) is 1.57. The summed E-state index contributed by atoms with van der Waals surface area (Å²) in [4.78, 5) is 23.1. The molecule has 0 aliphatic heterocycles. The molecule has 92 valence electrons. The van der Waals surface area contributed by atoms with Gasteiger partial charge >= 0.3 is 0 Å². The first-order valence-electron chi connectivity index (χ1n) is 5.13. The molecule has 0 atom stereocenters. The smallest absolute Gasteiger partial charge is 0.253 e. The number of amides is 1. The number of para-hydroxylation sites is 1. The highest BCUT2D eigenvalue weighted by Crippen LogP contribution is 2.18. The summed E-state index contributed by atoms with van der Waals surface area (Å²) in [6, 6.07) is 7.03. The first-order valence-corrected chi connectivity index (χ1v) is 5.51. The van der Waals surface area contributed by atoms with E-state index >= 15 is 0 Å². The molecule has 1 heterocycles. The normalized spacial score (nSPS) is 9.89. The number of anilines is 2. The van der Waals surface area contributed by atoms with Crippen LogP contribution >= 0.6 is 11.6 Å². The molecule has 0 aliphatic carbocycles. The molecule has 1 aromatic carbocycles. The van der Waals surface area contributed by atoms with Crippen molar-refractivity contribution in [2.75, 3.05) is 12.4 Å². The lowest BCUT2D eigenvalue weighted by Crippen LogP contribution is -2.19. The third-order valence-corrected chi connectivity index (χ3v) is 2.37. The fourth-order valence-corrected chi connectivity index (χ4v) is 1.51. The molecule has 0 unspecified atom stereocenters. The van der Waals surface area contributed by atoms with Crippen LogP contribution in [0.15, 0.2) is 30.6 Å². The van der Waals surface area contributed by atoms with Gasteiger partial charge in [0.1, 0.15) is 6.33 Å². The van der Waals surface area contributed by atoms with Crippen LogP contribution < -0.4 is 10.6 Å². The molecule has 2 aromatic rings. The average molecular weight is 264 g/mol. The number of carbonyl (C=O) groups is 1.